The molecule has 1 rings (SSSR count). The molecule has 1 aromatic carbocycles. The second kappa shape index (κ2) is 7.85. The Morgan fingerprint density at radius 2 is 1.95 bits per heavy atom. The van der Waals surface area contributed by atoms with Crippen LogP contribution in [0.15, 0.2) is 24.3 Å². The van der Waals surface area contributed by atoms with Crippen LogP contribution in [0.25, 0.3) is 0 Å². The van der Waals surface area contributed by atoms with Crippen molar-refractivity contribution in [2.45, 2.75) is 31.8 Å². The van der Waals surface area contributed by atoms with E-state index in [0.29, 0.717) is 18.1 Å². The molecule has 0 fully saturated rings. The minimum Gasteiger partial charge on any atom is -0.465 e. The molecule has 0 bridgehead atoms. The van der Waals surface area contributed by atoms with E-state index in [1.165, 1.54) is 0 Å². The number of esters is 1. The van der Waals surface area contributed by atoms with E-state index in [4.69, 9.17) is 10.00 Å². The van der Waals surface area contributed by atoms with Gasteiger partial charge >= 0.3 is 5.97 Å². The van der Waals surface area contributed by atoms with E-state index in [9.17, 15) is 4.79 Å². The lowest BCUT2D eigenvalue weighted by Crippen LogP contribution is -2.19. The van der Waals surface area contributed by atoms with Crippen LogP contribution in [0.1, 0.15) is 31.9 Å². The fraction of sp³-hybridized carbons (Fsp3) is 0.467. The Bertz CT molecular complexity index is 448. The Morgan fingerprint density at radius 3 is 2.47 bits per heavy atom. The fourth-order valence-corrected chi connectivity index (χ4v) is 2.17. The number of rotatable bonds is 6. The van der Waals surface area contributed by atoms with Crippen LogP contribution in [0.4, 0.5) is 0 Å². The first-order valence-corrected chi connectivity index (χ1v) is 7.35. The van der Waals surface area contributed by atoms with Gasteiger partial charge in [-0.1, -0.05) is 26.0 Å². The highest BCUT2D eigenvalue weighted by atomic mass is 32.2. The van der Waals surface area contributed by atoms with Crippen LogP contribution in [-0.2, 0) is 15.3 Å². The highest BCUT2D eigenvalue weighted by Gasteiger charge is 2.15. The van der Waals surface area contributed by atoms with Crippen LogP contribution in [0.5, 0.6) is 0 Å². The molecule has 3 nitrogen and oxygen atoms in total. The summed E-state index contributed by atoms with van der Waals surface area (Å²) >= 11 is 1.55. The fourth-order valence-electron chi connectivity index (χ4n) is 1.33. The average Bonchev–Trinajstić information content (AvgIpc) is 2.42. The summed E-state index contributed by atoms with van der Waals surface area (Å²) in [4.78, 5) is 11.7. The average molecular weight is 277 g/mol. The Labute approximate surface area is 119 Å². The van der Waals surface area contributed by atoms with Crippen molar-refractivity contribution in [3.63, 3.8) is 0 Å². The first kappa shape index (κ1) is 15.6. The summed E-state index contributed by atoms with van der Waals surface area (Å²) in [5.41, 5.74) is 1.76. The highest BCUT2D eigenvalue weighted by Crippen LogP contribution is 2.19. The highest BCUT2D eigenvalue weighted by molar-refractivity contribution is 7.99. The Morgan fingerprint density at radius 1 is 1.32 bits per heavy atom. The molecule has 0 heterocycles. The summed E-state index contributed by atoms with van der Waals surface area (Å²) in [5, 5.41) is 8.53. The van der Waals surface area contributed by atoms with E-state index in [-0.39, 0.29) is 11.2 Å². The molecule has 0 saturated heterocycles. The van der Waals surface area contributed by atoms with Crippen LogP contribution in [0.3, 0.4) is 0 Å². The molecule has 0 N–H and O–H groups in total. The van der Waals surface area contributed by atoms with Gasteiger partial charge in [0.15, 0.2) is 0 Å². The lowest BCUT2D eigenvalue weighted by atomic mass is 10.2. The number of carbonyl (C=O) groups is 1. The van der Waals surface area contributed by atoms with Gasteiger partial charge in [0.1, 0.15) is 0 Å². The lowest BCUT2D eigenvalue weighted by Gasteiger charge is -2.12. The number of nitrogens with zero attached hydrogens (tertiary/aromatic N) is 1. The largest absolute Gasteiger partial charge is 0.465 e. The molecule has 1 atom stereocenters. The van der Waals surface area contributed by atoms with Gasteiger partial charge in [0.25, 0.3) is 0 Å². The summed E-state index contributed by atoms with van der Waals surface area (Å²) in [6, 6.07) is 9.49. The zero-order valence-electron chi connectivity index (χ0n) is 11.6. The van der Waals surface area contributed by atoms with Gasteiger partial charge < -0.3 is 4.74 Å². The molecular formula is C15H19NO2S. The number of nitriles is 1. The molecule has 0 saturated carbocycles. The maximum atomic E-state index is 11.7. The molecule has 0 aromatic heterocycles. The monoisotopic (exact) mass is 277 g/mol. The van der Waals surface area contributed by atoms with Crippen molar-refractivity contribution in [1.29, 1.82) is 5.26 Å². The standard InChI is InChI=1S/C15H19NO2S/c1-11(2)9-18-15(17)12(3)19-10-14-6-4-13(8-16)5-7-14/h4-7,11-12H,9-10H2,1-3H3. The topological polar surface area (TPSA) is 50.1 Å². The molecule has 1 unspecified atom stereocenters. The summed E-state index contributed by atoms with van der Waals surface area (Å²) in [6.07, 6.45) is 0. The maximum Gasteiger partial charge on any atom is 0.318 e. The van der Waals surface area contributed by atoms with E-state index in [0.717, 1.165) is 11.3 Å². The van der Waals surface area contributed by atoms with E-state index < -0.39 is 0 Å². The predicted octanol–water partition coefficient (Wildman–Crippen LogP) is 3.38. The quantitative estimate of drug-likeness (QED) is 0.748. The number of thioether (sulfide) groups is 1. The number of hydrogen-bond donors (Lipinski definition) is 0. The molecule has 0 spiro atoms. The second-order valence-electron chi connectivity index (χ2n) is 4.79. The Kier molecular flexibility index (Phi) is 6.44. The minimum absolute atomic E-state index is 0.160. The molecule has 0 amide bonds. The molecule has 1 aromatic rings. The molecule has 0 aliphatic rings. The second-order valence-corrected chi connectivity index (χ2v) is 6.11. The zero-order chi connectivity index (χ0) is 14.3. The van der Waals surface area contributed by atoms with E-state index in [1.807, 2.05) is 32.9 Å². The van der Waals surface area contributed by atoms with Crippen molar-refractivity contribution < 1.29 is 9.53 Å². The van der Waals surface area contributed by atoms with Crippen molar-refractivity contribution in [2.75, 3.05) is 6.61 Å². The van der Waals surface area contributed by atoms with Crippen LogP contribution in [0.2, 0.25) is 0 Å². The van der Waals surface area contributed by atoms with Gasteiger partial charge in [0.2, 0.25) is 0 Å². The number of ether oxygens (including phenoxy) is 1. The van der Waals surface area contributed by atoms with E-state index in [1.54, 1.807) is 23.9 Å². The molecule has 19 heavy (non-hydrogen) atoms. The predicted molar refractivity (Wildman–Crippen MR) is 77.7 cm³/mol. The van der Waals surface area contributed by atoms with Gasteiger partial charge in [-0.15, -0.1) is 11.8 Å². The van der Waals surface area contributed by atoms with E-state index >= 15 is 0 Å². The van der Waals surface area contributed by atoms with Crippen molar-refractivity contribution in [3.8, 4) is 6.07 Å². The van der Waals surface area contributed by atoms with Gasteiger partial charge in [-0.05, 0) is 30.5 Å². The van der Waals surface area contributed by atoms with Crippen molar-refractivity contribution >= 4 is 17.7 Å². The third-order valence-electron chi connectivity index (χ3n) is 2.47. The molecule has 0 aliphatic heterocycles. The third-order valence-corrected chi connectivity index (χ3v) is 3.67. The SMILES string of the molecule is CC(C)COC(=O)C(C)SCc1ccc(C#N)cc1. The van der Waals surface area contributed by atoms with Crippen molar-refractivity contribution in [1.82, 2.24) is 0 Å². The van der Waals surface area contributed by atoms with Crippen LogP contribution in [0, 0.1) is 17.2 Å². The number of hydrogen-bond acceptors (Lipinski definition) is 4. The third kappa shape index (κ3) is 5.80. The van der Waals surface area contributed by atoms with Crippen molar-refractivity contribution in [3.05, 3.63) is 35.4 Å². The molecule has 0 aliphatic carbocycles. The van der Waals surface area contributed by atoms with Crippen LogP contribution in [-0.4, -0.2) is 17.8 Å². The minimum atomic E-state index is -0.172. The van der Waals surface area contributed by atoms with Gasteiger partial charge in [0.05, 0.1) is 23.5 Å². The van der Waals surface area contributed by atoms with Gasteiger partial charge in [-0.3, -0.25) is 4.79 Å². The van der Waals surface area contributed by atoms with Crippen LogP contribution >= 0.6 is 11.8 Å². The summed E-state index contributed by atoms with van der Waals surface area (Å²) in [6.45, 7) is 6.36. The summed E-state index contributed by atoms with van der Waals surface area (Å²) < 4.78 is 5.19. The van der Waals surface area contributed by atoms with E-state index in [2.05, 4.69) is 6.07 Å². The first-order chi connectivity index (χ1) is 9.02. The first-order valence-electron chi connectivity index (χ1n) is 6.30. The van der Waals surface area contributed by atoms with Gasteiger partial charge in [-0.2, -0.15) is 5.26 Å². The van der Waals surface area contributed by atoms with Gasteiger partial charge in [0, 0.05) is 5.75 Å². The Hall–Kier alpha value is -1.47. The summed E-state index contributed by atoms with van der Waals surface area (Å²) in [5.74, 6) is 0.941. The summed E-state index contributed by atoms with van der Waals surface area (Å²) in [7, 11) is 0. The normalized spacial score (nSPS) is 11.9. The van der Waals surface area contributed by atoms with Gasteiger partial charge in [-0.25, -0.2) is 0 Å². The zero-order valence-corrected chi connectivity index (χ0v) is 12.4. The smallest absolute Gasteiger partial charge is 0.318 e. The van der Waals surface area contributed by atoms with Crippen molar-refractivity contribution in [2.24, 2.45) is 5.92 Å². The molecule has 102 valence electrons. The maximum absolute atomic E-state index is 11.7. The molecule has 0 radical (unpaired) electrons. The number of carbonyl (C=O) groups excluding carboxylic acids is 1. The lowest BCUT2D eigenvalue weighted by molar-refractivity contribution is -0.143. The molecule has 4 heteroatoms. The number of benzene rings is 1. The molecular weight excluding hydrogens is 258 g/mol. The van der Waals surface area contributed by atoms with Crippen LogP contribution < -0.4 is 0 Å². The Balaban J connectivity index is 2.38.